The fourth-order valence-corrected chi connectivity index (χ4v) is 4.88. The molecule has 0 aliphatic rings. The zero-order chi connectivity index (χ0) is 24.4. The summed E-state index contributed by atoms with van der Waals surface area (Å²) in [5.74, 6) is 1.47. The number of fused-ring (bicyclic) bond motifs is 2. The van der Waals surface area contributed by atoms with E-state index >= 15 is 0 Å². The van der Waals surface area contributed by atoms with E-state index < -0.39 is 0 Å². The highest BCUT2D eigenvalue weighted by molar-refractivity contribution is 7.99. The number of H-pyrrole nitrogens is 1. The standard InChI is InChI=1S/C26H26N6O2S/c1-16-12-17(2)32-25(29-16)30-26(31-32)35-15-24(33)28-13-21(18-8-10-19(34-3)11-9-18)22-14-27-23-7-5-4-6-20(22)23/h4-12,14,21,27H,13,15H2,1-3H3,(H,28,33). The van der Waals surface area contributed by atoms with E-state index in [1.54, 1.807) is 11.6 Å². The smallest absolute Gasteiger partial charge is 0.253 e. The number of aryl methyl sites for hydroxylation is 2. The third kappa shape index (κ3) is 4.85. The summed E-state index contributed by atoms with van der Waals surface area (Å²) in [6, 6.07) is 18.1. The predicted molar refractivity (Wildman–Crippen MR) is 137 cm³/mol. The molecule has 0 bridgehead atoms. The van der Waals surface area contributed by atoms with Gasteiger partial charge in [-0.05, 0) is 49.2 Å². The lowest BCUT2D eigenvalue weighted by atomic mass is 9.91. The number of aromatic nitrogens is 5. The Kier molecular flexibility index (Phi) is 6.41. The van der Waals surface area contributed by atoms with Gasteiger partial charge in [0.15, 0.2) is 0 Å². The topological polar surface area (TPSA) is 97.2 Å². The Balaban J connectivity index is 1.31. The molecule has 3 aromatic heterocycles. The number of carbonyl (C=O) groups is 1. The first-order chi connectivity index (χ1) is 17.0. The van der Waals surface area contributed by atoms with Crippen LogP contribution in [0.1, 0.15) is 28.4 Å². The molecule has 5 rings (SSSR count). The molecular formula is C26H26N6O2S. The number of aromatic amines is 1. The lowest BCUT2D eigenvalue weighted by Crippen LogP contribution is -2.30. The first kappa shape index (κ1) is 22.9. The largest absolute Gasteiger partial charge is 0.497 e. The quantitative estimate of drug-likeness (QED) is 0.318. The van der Waals surface area contributed by atoms with Crippen molar-refractivity contribution in [1.29, 1.82) is 0 Å². The molecule has 0 fully saturated rings. The van der Waals surface area contributed by atoms with E-state index in [1.165, 1.54) is 11.8 Å². The molecule has 0 saturated heterocycles. The molecule has 0 radical (unpaired) electrons. The van der Waals surface area contributed by atoms with Gasteiger partial charge in [-0.25, -0.2) is 9.50 Å². The maximum atomic E-state index is 12.8. The minimum absolute atomic E-state index is 0.0193. The molecule has 0 spiro atoms. The van der Waals surface area contributed by atoms with Crippen molar-refractivity contribution in [1.82, 2.24) is 29.9 Å². The SMILES string of the molecule is COc1ccc(C(CNC(=O)CSc2nc3nc(C)cc(C)n3n2)c2c[nH]c3ccccc23)cc1. The van der Waals surface area contributed by atoms with Crippen molar-refractivity contribution in [3.63, 3.8) is 0 Å². The van der Waals surface area contributed by atoms with E-state index in [2.05, 4.69) is 37.5 Å². The summed E-state index contributed by atoms with van der Waals surface area (Å²) in [6.45, 7) is 4.35. The summed E-state index contributed by atoms with van der Waals surface area (Å²) in [5.41, 5.74) is 5.15. The van der Waals surface area contributed by atoms with Crippen LogP contribution in [0.25, 0.3) is 16.7 Å². The fourth-order valence-electron chi connectivity index (χ4n) is 4.23. The Morgan fingerprint density at radius 2 is 1.94 bits per heavy atom. The summed E-state index contributed by atoms with van der Waals surface area (Å²) in [4.78, 5) is 25.0. The minimum atomic E-state index is -0.0759. The summed E-state index contributed by atoms with van der Waals surface area (Å²) < 4.78 is 7.02. The summed E-state index contributed by atoms with van der Waals surface area (Å²) >= 11 is 1.30. The van der Waals surface area contributed by atoms with Crippen LogP contribution in [0, 0.1) is 13.8 Å². The Morgan fingerprint density at radius 3 is 2.74 bits per heavy atom. The van der Waals surface area contributed by atoms with E-state index in [9.17, 15) is 4.79 Å². The maximum Gasteiger partial charge on any atom is 0.253 e. The Morgan fingerprint density at radius 1 is 1.14 bits per heavy atom. The first-order valence-corrected chi connectivity index (χ1v) is 12.3. The van der Waals surface area contributed by atoms with Crippen LogP contribution in [0.4, 0.5) is 0 Å². The van der Waals surface area contributed by atoms with Crippen molar-refractivity contribution in [3.05, 3.63) is 83.3 Å². The highest BCUT2D eigenvalue weighted by Crippen LogP contribution is 2.31. The summed E-state index contributed by atoms with van der Waals surface area (Å²) in [5, 5.41) is 9.25. The highest BCUT2D eigenvalue weighted by atomic mass is 32.2. The van der Waals surface area contributed by atoms with E-state index in [0.717, 1.165) is 39.2 Å². The Labute approximate surface area is 207 Å². The molecule has 0 aliphatic heterocycles. The molecule has 1 atom stereocenters. The number of thioether (sulfide) groups is 1. The highest BCUT2D eigenvalue weighted by Gasteiger charge is 2.20. The van der Waals surface area contributed by atoms with E-state index in [4.69, 9.17) is 4.74 Å². The zero-order valence-corrected chi connectivity index (χ0v) is 20.6. The molecule has 5 aromatic rings. The van der Waals surface area contributed by atoms with Crippen molar-refractivity contribution in [2.24, 2.45) is 0 Å². The summed E-state index contributed by atoms with van der Waals surface area (Å²) in [7, 11) is 1.65. The van der Waals surface area contributed by atoms with Gasteiger partial charge >= 0.3 is 0 Å². The van der Waals surface area contributed by atoms with Crippen molar-refractivity contribution in [3.8, 4) is 5.75 Å². The van der Waals surface area contributed by atoms with Gasteiger partial charge in [0.2, 0.25) is 11.1 Å². The molecular weight excluding hydrogens is 460 g/mol. The average Bonchev–Trinajstić information content (AvgIpc) is 3.48. The molecule has 1 unspecified atom stereocenters. The molecule has 0 saturated carbocycles. The van der Waals surface area contributed by atoms with Gasteiger partial charge in [0.25, 0.3) is 5.78 Å². The number of hydrogen-bond donors (Lipinski definition) is 2. The monoisotopic (exact) mass is 486 g/mol. The van der Waals surface area contributed by atoms with Crippen LogP contribution in [0.2, 0.25) is 0 Å². The number of methoxy groups -OCH3 is 1. The molecule has 1 amide bonds. The van der Waals surface area contributed by atoms with Crippen LogP contribution in [0.15, 0.2) is 66.0 Å². The van der Waals surface area contributed by atoms with E-state index in [0.29, 0.717) is 17.5 Å². The second-order valence-corrected chi connectivity index (χ2v) is 9.30. The number of amides is 1. The van der Waals surface area contributed by atoms with Gasteiger partial charge in [0.05, 0.1) is 12.9 Å². The van der Waals surface area contributed by atoms with Crippen molar-refractivity contribution < 1.29 is 9.53 Å². The molecule has 2 N–H and O–H groups in total. The van der Waals surface area contributed by atoms with Crippen LogP contribution in [0.5, 0.6) is 5.75 Å². The third-order valence-electron chi connectivity index (χ3n) is 5.95. The van der Waals surface area contributed by atoms with Gasteiger partial charge in [-0.1, -0.05) is 42.1 Å². The number of nitrogens with one attached hydrogen (secondary N) is 2. The molecule has 0 aliphatic carbocycles. The van der Waals surface area contributed by atoms with Crippen LogP contribution in [-0.2, 0) is 4.79 Å². The molecule has 8 nitrogen and oxygen atoms in total. The van der Waals surface area contributed by atoms with Gasteiger partial charge in [-0.15, -0.1) is 5.10 Å². The number of rotatable bonds is 8. The van der Waals surface area contributed by atoms with Gasteiger partial charge in [-0.2, -0.15) is 4.98 Å². The fraction of sp³-hybridized carbons (Fsp3) is 0.231. The second-order valence-electron chi connectivity index (χ2n) is 8.35. The van der Waals surface area contributed by atoms with Crippen molar-refractivity contribution in [2.75, 3.05) is 19.4 Å². The van der Waals surface area contributed by atoms with Crippen molar-refractivity contribution >= 4 is 34.3 Å². The number of carbonyl (C=O) groups excluding carboxylic acids is 1. The zero-order valence-electron chi connectivity index (χ0n) is 19.8. The van der Waals surface area contributed by atoms with Gasteiger partial charge < -0.3 is 15.0 Å². The first-order valence-electron chi connectivity index (χ1n) is 11.3. The molecule has 35 heavy (non-hydrogen) atoms. The minimum Gasteiger partial charge on any atom is -0.497 e. The average molecular weight is 487 g/mol. The van der Waals surface area contributed by atoms with Crippen LogP contribution < -0.4 is 10.1 Å². The summed E-state index contributed by atoms with van der Waals surface area (Å²) in [6.07, 6.45) is 2.03. The van der Waals surface area contributed by atoms with E-state index in [-0.39, 0.29) is 17.6 Å². The third-order valence-corrected chi connectivity index (χ3v) is 6.79. The molecule has 2 aromatic carbocycles. The Hall–Kier alpha value is -3.85. The van der Waals surface area contributed by atoms with Gasteiger partial charge in [-0.3, -0.25) is 4.79 Å². The second kappa shape index (κ2) is 9.79. The number of nitrogens with zero attached hydrogens (tertiary/aromatic N) is 4. The number of benzene rings is 2. The van der Waals surface area contributed by atoms with Crippen molar-refractivity contribution in [2.45, 2.75) is 24.9 Å². The van der Waals surface area contributed by atoms with Crippen LogP contribution in [0.3, 0.4) is 0 Å². The lowest BCUT2D eigenvalue weighted by molar-refractivity contribution is -0.118. The Bertz CT molecular complexity index is 1490. The lowest BCUT2D eigenvalue weighted by Gasteiger charge is -2.18. The number of para-hydroxylation sites is 1. The number of ether oxygens (including phenoxy) is 1. The maximum absolute atomic E-state index is 12.8. The van der Waals surface area contributed by atoms with E-state index in [1.807, 2.05) is 62.5 Å². The molecule has 178 valence electrons. The number of hydrogen-bond acceptors (Lipinski definition) is 6. The van der Waals surface area contributed by atoms with Crippen LogP contribution in [-0.4, -0.2) is 49.9 Å². The van der Waals surface area contributed by atoms with Crippen LogP contribution >= 0.6 is 11.8 Å². The van der Waals surface area contributed by atoms with Gasteiger partial charge in [0.1, 0.15) is 5.75 Å². The molecule has 9 heteroatoms. The normalized spacial score (nSPS) is 12.2. The molecule has 3 heterocycles. The van der Waals surface area contributed by atoms with Gasteiger partial charge in [0, 0.05) is 41.0 Å². The predicted octanol–water partition coefficient (Wildman–Crippen LogP) is 4.27.